The van der Waals surface area contributed by atoms with E-state index >= 15 is 0 Å². The van der Waals surface area contributed by atoms with E-state index in [1.165, 1.54) is 5.56 Å². The number of aryl methyl sites for hydroxylation is 1. The van der Waals surface area contributed by atoms with E-state index in [1.54, 1.807) is 12.1 Å². The van der Waals surface area contributed by atoms with Crippen molar-refractivity contribution >= 4 is 17.3 Å². The monoisotopic (exact) mass is 269 g/mol. The van der Waals surface area contributed by atoms with Crippen molar-refractivity contribution in [2.45, 2.75) is 12.8 Å². The average Bonchev–Trinajstić information content (AvgIpc) is 2.46. The van der Waals surface area contributed by atoms with Crippen molar-refractivity contribution in [3.05, 3.63) is 59.7 Å². The minimum Gasteiger partial charge on any atom is -0.398 e. The van der Waals surface area contributed by atoms with Crippen LogP contribution in [-0.2, 0) is 6.42 Å². The Morgan fingerprint density at radius 1 is 1.10 bits per heavy atom. The Balaban J connectivity index is 1.85. The molecule has 0 aliphatic carbocycles. The molecule has 0 spiro atoms. The van der Waals surface area contributed by atoms with E-state index in [2.05, 4.69) is 17.4 Å². The number of benzene rings is 2. The van der Waals surface area contributed by atoms with E-state index in [9.17, 15) is 4.79 Å². The quantitative estimate of drug-likeness (QED) is 0.556. The van der Waals surface area contributed by atoms with Crippen molar-refractivity contribution in [1.82, 2.24) is 0 Å². The lowest BCUT2D eigenvalue weighted by Crippen LogP contribution is -2.14. The molecule has 0 aliphatic rings. The third-order valence-corrected chi connectivity index (χ3v) is 3.13. The summed E-state index contributed by atoms with van der Waals surface area (Å²) in [5, 5.41) is 3.27. The standard InChI is InChI=1S/C16H19N3O/c17-15-9-8-13(11-14(15)16(18)20)19-10-4-7-12-5-2-1-3-6-12/h1-3,5-6,8-9,11,19H,4,7,10,17H2,(H2,18,20). The molecule has 0 radical (unpaired) electrons. The van der Waals surface area contributed by atoms with Crippen LogP contribution >= 0.6 is 0 Å². The molecule has 1 amide bonds. The summed E-state index contributed by atoms with van der Waals surface area (Å²) in [6.45, 7) is 0.830. The fourth-order valence-electron chi connectivity index (χ4n) is 2.05. The van der Waals surface area contributed by atoms with Gasteiger partial charge in [-0.1, -0.05) is 30.3 Å². The molecule has 2 aromatic carbocycles. The van der Waals surface area contributed by atoms with E-state index in [0.717, 1.165) is 25.1 Å². The smallest absolute Gasteiger partial charge is 0.250 e. The van der Waals surface area contributed by atoms with Gasteiger partial charge in [0.2, 0.25) is 0 Å². The van der Waals surface area contributed by atoms with Gasteiger partial charge in [-0.05, 0) is 36.6 Å². The molecule has 0 unspecified atom stereocenters. The zero-order valence-corrected chi connectivity index (χ0v) is 11.3. The molecule has 0 saturated heterocycles. The Morgan fingerprint density at radius 3 is 2.55 bits per heavy atom. The number of primary amides is 1. The number of nitrogens with two attached hydrogens (primary N) is 2. The van der Waals surface area contributed by atoms with Crippen LogP contribution in [0, 0.1) is 0 Å². The number of nitrogen functional groups attached to an aromatic ring is 1. The molecule has 2 aromatic rings. The Bertz CT molecular complexity index is 582. The van der Waals surface area contributed by atoms with Gasteiger partial charge in [0.15, 0.2) is 0 Å². The zero-order valence-electron chi connectivity index (χ0n) is 11.3. The van der Waals surface area contributed by atoms with Crippen LogP contribution in [0.1, 0.15) is 22.3 Å². The number of anilines is 2. The Kier molecular flexibility index (Phi) is 4.60. The topological polar surface area (TPSA) is 81.1 Å². The van der Waals surface area contributed by atoms with Crippen LogP contribution in [0.5, 0.6) is 0 Å². The maximum Gasteiger partial charge on any atom is 0.250 e. The van der Waals surface area contributed by atoms with Crippen molar-refractivity contribution in [2.24, 2.45) is 5.73 Å². The molecule has 20 heavy (non-hydrogen) atoms. The molecule has 104 valence electrons. The summed E-state index contributed by atoms with van der Waals surface area (Å²) in [5.74, 6) is -0.504. The number of carbonyl (C=O) groups is 1. The van der Waals surface area contributed by atoms with Crippen molar-refractivity contribution in [3.63, 3.8) is 0 Å². The van der Waals surface area contributed by atoms with E-state index in [4.69, 9.17) is 11.5 Å². The molecule has 0 heterocycles. The van der Waals surface area contributed by atoms with Gasteiger partial charge >= 0.3 is 0 Å². The summed E-state index contributed by atoms with van der Waals surface area (Å²) < 4.78 is 0. The van der Waals surface area contributed by atoms with Gasteiger partial charge in [-0.15, -0.1) is 0 Å². The molecule has 0 aromatic heterocycles. The minimum absolute atomic E-state index is 0.359. The largest absolute Gasteiger partial charge is 0.398 e. The maximum absolute atomic E-state index is 11.2. The van der Waals surface area contributed by atoms with Crippen molar-refractivity contribution < 1.29 is 4.79 Å². The van der Waals surface area contributed by atoms with Crippen LogP contribution in [0.2, 0.25) is 0 Å². The first kappa shape index (κ1) is 13.9. The van der Waals surface area contributed by atoms with Gasteiger partial charge in [0.25, 0.3) is 5.91 Å². The molecule has 0 fully saturated rings. The van der Waals surface area contributed by atoms with Gasteiger partial charge in [-0.25, -0.2) is 0 Å². The number of rotatable bonds is 6. The lowest BCUT2D eigenvalue weighted by molar-refractivity contribution is 0.100. The van der Waals surface area contributed by atoms with E-state index in [0.29, 0.717) is 11.3 Å². The average molecular weight is 269 g/mol. The van der Waals surface area contributed by atoms with Gasteiger partial charge in [-0.3, -0.25) is 4.79 Å². The first-order chi connectivity index (χ1) is 9.66. The highest BCUT2D eigenvalue weighted by molar-refractivity contribution is 5.98. The molecule has 0 atom stereocenters. The number of carbonyl (C=O) groups excluding carboxylic acids is 1. The maximum atomic E-state index is 11.2. The van der Waals surface area contributed by atoms with Crippen molar-refractivity contribution in [3.8, 4) is 0 Å². The summed E-state index contributed by atoms with van der Waals surface area (Å²) in [4.78, 5) is 11.2. The predicted molar refractivity (Wildman–Crippen MR) is 82.6 cm³/mol. The van der Waals surface area contributed by atoms with Crippen LogP contribution in [0.15, 0.2) is 48.5 Å². The van der Waals surface area contributed by atoms with Crippen LogP contribution in [0.3, 0.4) is 0 Å². The zero-order chi connectivity index (χ0) is 14.4. The van der Waals surface area contributed by atoms with Gasteiger partial charge in [0, 0.05) is 17.9 Å². The fraction of sp³-hybridized carbons (Fsp3) is 0.188. The SMILES string of the molecule is NC(=O)c1cc(NCCCc2ccccc2)ccc1N. The van der Waals surface area contributed by atoms with Crippen molar-refractivity contribution in [1.29, 1.82) is 0 Å². The number of hydrogen-bond donors (Lipinski definition) is 3. The summed E-state index contributed by atoms with van der Waals surface area (Å²) in [6, 6.07) is 15.6. The third kappa shape index (κ3) is 3.75. The van der Waals surface area contributed by atoms with E-state index in [-0.39, 0.29) is 0 Å². The molecular formula is C16H19N3O. The first-order valence-electron chi connectivity index (χ1n) is 6.64. The predicted octanol–water partition coefficient (Wildman–Crippen LogP) is 2.41. The molecule has 0 bridgehead atoms. The Labute approximate surface area is 118 Å². The molecule has 0 aliphatic heterocycles. The highest BCUT2D eigenvalue weighted by Gasteiger charge is 2.06. The van der Waals surface area contributed by atoms with Crippen LogP contribution in [0.4, 0.5) is 11.4 Å². The summed E-state index contributed by atoms with van der Waals surface area (Å²) in [5.41, 5.74) is 13.9. The third-order valence-electron chi connectivity index (χ3n) is 3.13. The first-order valence-corrected chi connectivity index (χ1v) is 6.64. The molecule has 0 saturated carbocycles. The van der Waals surface area contributed by atoms with E-state index in [1.807, 2.05) is 24.3 Å². The molecule has 5 N–H and O–H groups in total. The summed E-state index contributed by atoms with van der Waals surface area (Å²) in [6.07, 6.45) is 2.03. The molecule has 2 rings (SSSR count). The lowest BCUT2D eigenvalue weighted by Gasteiger charge is -2.09. The lowest BCUT2D eigenvalue weighted by atomic mass is 10.1. The Hall–Kier alpha value is -2.49. The second kappa shape index (κ2) is 6.61. The highest BCUT2D eigenvalue weighted by atomic mass is 16.1. The molecule has 4 heteroatoms. The second-order valence-corrected chi connectivity index (χ2v) is 4.68. The van der Waals surface area contributed by atoms with Gasteiger partial charge < -0.3 is 16.8 Å². The van der Waals surface area contributed by atoms with Crippen LogP contribution < -0.4 is 16.8 Å². The van der Waals surface area contributed by atoms with Gasteiger partial charge in [0.05, 0.1) is 5.56 Å². The minimum atomic E-state index is -0.504. The van der Waals surface area contributed by atoms with E-state index < -0.39 is 5.91 Å². The second-order valence-electron chi connectivity index (χ2n) is 4.68. The number of amides is 1. The normalized spacial score (nSPS) is 10.2. The fourth-order valence-corrected chi connectivity index (χ4v) is 2.05. The van der Waals surface area contributed by atoms with Crippen molar-refractivity contribution in [2.75, 3.05) is 17.6 Å². The Morgan fingerprint density at radius 2 is 1.85 bits per heavy atom. The van der Waals surface area contributed by atoms with Crippen LogP contribution in [0.25, 0.3) is 0 Å². The molecule has 4 nitrogen and oxygen atoms in total. The van der Waals surface area contributed by atoms with Crippen LogP contribution in [-0.4, -0.2) is 12.5 Å². The number of hydrogen-bond acceptors (Lipinski definition) is 3. The summed E-state index contributed by atoms with van der Waals surface area (Å²) in [7, 11) is 0. The summed E-state index contributed by atoms with van der Waals surface area (Å²) >= 11 is 0. The van der Waals surface area contributed by atoms with Gasteiger partial charge in [-0.2, -0.15) is 0 Å². The van der Waals surface area contributed by atoms with Gasteiger partial charge in [0.1, 0.15) is 0 Å². The highest BCUT2D eigenvalue weighted by Crippen LogP contribution is 2.17. The molecular weight excluding hydrogens is 250 g/mol. The number of nitrogens with one attached hydrogen (secondary N) is 1.